The van der Waals surface area contributed by atoms with Gasteiger partial charge in [0, 0.05) is 0 Å². The SMILES string of the molecule is CCCCc1ccc(C)c(S(N)(=O)=O)c1CCCC. The van der Waals surface area contributed by atoms with E-state index in [1.54, 1.807) is 0 Å². The normalized spacial score (nSPS) is 11.8. The molecule has 1 aromatic rings. The van der Waals surface area contributed by atoms with Crippen LogP contribution in [0.2, 0.25) is 0 Å². The number of hydrogen-bond donors (Lipinski definition) is 1. The van der Waals surface area contributed by atoms with Crippen molar-refractivity contribution in [2.24, 2.45) is 5.14 Å². The Kier molecular flexibility index (Phi) is 6.01. The number of sulfonamides is 1. The van der Waals surface area contributed by atoms with Gasteiger partial charge in [0.1, 0.15) is 0 Å². The number of benzene rings is 1. The molecule has 0 bridgehead atoms. The fourth-order valence-corrected chi connectivity index (χ4v) is 3.50. The van der Waals surface area contributed by atoms with Crippen LogP contribution in [0.4, 0.5) is 0 Å². The van der Waals surface area contributed by atoms with Gasteiger partial charge in [-0.25, -0.2) is 13.6 Å². The van der Waals surface area contributed by atoms with Crippen LogP contribution in [0.1, 0.15) is 56.2 Å². The van der Waals surface area contributed by atoms with E-state index in [-0.39, 0.29) is 0 Å². The van der Waals surface area contributed by atoms with Gasteiger partial charge in [-0.3, -0.25) is 0 Å². The smallest absolute Gasteiger partial charge is 0.225 e. The summed E-state index contributed by atoms with van der Waals surface area (Å²) >= 11 is 0. The van der Waals surface area contributed by atoms with Crippen LogP contribution >= 0.6 is 0 Å². The van der Waals surface area contributed by atoms with Crippen LogP contribution in [-0.2, 0) is 22.9 Å². The van der Waals surface area contributed by atoms with Crippen LogP contribution in [0, 0.1) is 6.92 Å². The van der Waals surface area contributed by atoms with E-state index in [1.165, 1.54) is 0 Å². The summed E-state index contributed by atoms with van der Waals surface area (Å²) in [6.45, 7) is 6.07. The molecule has 3 nitrogen and oxygen atoms in total. The lowest BCUT2D eigenvalue weighted by molar-refractivity contribution is 0.594. The zero-order chi connectivity index (χ0) is 14.5. The molecule has 0 aliphatic rings. The summed E-state index contributed by atoms with van der Waals surface area (Å²) in [5.74, 6) is 0. The molecule has 0 radical (unpaired) electrons. The van der Waals surface area contributed by atoms with Gasteiger partial charge in [-0.2, -0.15) is 0 Å². The highest BCUT2D eigenvalue weighted by Crippen LogP contribution is 2.26. The van der Waals surface area contributed by atoms with E-state index >= 15 is 0 Å². The first-order valence-electron chi connectivity index (χ1n) is 7.06. The van der Waals surface area contributed by atoms with Crippen molar-refractivity contribution < 1.29 is 8.42 Å². The highest BCUT2D eigenvalue weighted by atomic mass is 32.2. The van der Waals surface area contributed by atoms with Gasteiger partial charge in [0.15, 0.2) is 0 Å². The summed E-state index contributed by atoms with van der Waals surface area (Å²) in [7, 11) is -3.64. The number of unbranched alkanes of at least 4 members (excludes halogenated alkanes) is 2. The average Bonchev–Trinajstić information content (AvgIpc) is 2.33. The van der Waals surface area contributed by atoms with Crippen molar-refractivity contribution in [3.05, 3.63) is 28.8 Å². The molecule has 0 saturated carbocycles. The van der Waals surface area contributed by atoms with Crippen molar-refractivity contribution in [1.82, 2.24) is 0 Å². The maximum atomic E-state index is 11.8. The van der Waals surface area contributed by atoms with E-state index in [1.807, 2.05) is 13.0 Å². The predicted octanol–water partition coefficient (Wildman–Crippen LogP) is 3.33. The summed E-state index contributed by atoms with van der Waals surface area (Å²) in [4.78, 5) is 0.356. The zero-order valence-corrected chi connectivity index (χ0v) is 13.0. The summed E-state index contributed by atoms with van der Waals surface area (Å²) in [6.07, 6.45) is 5.94. The molecule has 1 rings (SSSR count). The van der Waals surface area contributed by atoms with Gasteiger partial charge in [-0.05, 0) is 49.3 Å². The van der Waals surface area contributed by atoms with E-state index in [0.29, 0.717) is 4.90 Å². The highest BCUT2D eigenvalue weighted by molar-refractivity contribution is 7.89. The van der Waals surface area contributed by atoms with E-state index in [9.17, 15) is 8.42 Å². The summed E-state index contributed by atoms with van der Waals surface area (Å²) in [5.41, 5.74) is 2.84. The molecular weight excluding hydrogens is 258 g/mol. The van der Waals surface area contributed by atoms with E-state index in [4.69, 9.17) is 5.14 Å². The Bertz CT molecular complexity index is 521. The standard InChI is InChI=1S/C15H25NO2S/c1-4-6-8-13-11-10-12(3)15(19(16,17)18)14(13)9-7-5-2/h10-11H,4-9H2,1-3H3,(H2,16,17,18). The largest absolute Gasteiger partial charge is 0.238 e. The Labute approximate surface area is 117 Å². The third kappa shape index (κ3) is 4.32. The first-order valence-corrected chi connectivity index (χ1v) is 8.60. The lowest BCUT2D eigenvalue weighted by Gasteiger charge is -2.16. The average molecular weight is 283 g/mol. The Morgan fingerprint density at radius 3 is 2.16 bits per heavy atom. The molecule has 0 aromatic heterocycles. The first kappa shape index (κ1) is 16.2. The number of hydrogen-bond acceptors (Lipinski definition) is 2. The maximum Gasteiger partial charge on any atom is 0.238 e. The number of aryl methyl sites for hydroxylation is 2. The zero-order valence-electron chi connectivity index (χ0n) is 12.2. The minimum absolute atomic E-state index is 0.356. The van der Waals surface area contributed by atoms with Crippen LogP contribution < -0.4 is 5.14 Å². The van der Waals surface area contributed by atoms with Crippen molar-refractivity contribution in [1.29, 1.82) is 0 Å². The minimum Gasteiger partial charge on any atom is -0.225 e. The monoisotopic (exact) mass is 283 g/mol. The number of primary sulfonamides is 1. The molecule has 0 unspecified atom stereocenters. The minimum atomic E-state index is -3.64. The first-order chi connectivity index (χ1) is 8.91. The second-order valence-corrected chi connectivity index (χ2v) is 6.60. The van der Waals surface area contributed by atoms with Crippen molar-refractivity contribution in [2.45, 2.75) is 64.2 Å². The quantitative estimate of drug-likeness (QED) is 0.834. The second-order valence-electron chi connectivity index (χ2n) is 5.10. The molecule has 108 valence electrons. The lowest BCUT2D eigenvalue weighted by Crippen LogP contribution is -2.17. The Hall–Kier alpha value is -0.870. The van der Waals surface area contributed by atoms with E-state index in [2.05, 4.69) is 19.9 Å². The van der Waals surface area contributed by atoms with Gasteiger partial charge in [0.05, 0.1) is 4.90 Å². The fourth-order valence-electron chi connectivity index (χ4n) is 2.41. The lowest BCUT2D eigenvalue weighted by atomic mass is 9.96. The van der Waals surface area contributed by atoms with Gasteiger partial charge in [0.2, 0.25) is 10.0 Å². The Balaban J connectivity index is 3.32. The molecular formula is C15H25NO2S. The topological polar surface area (TPSA) is 60.2 Å². The van der Waals surface area contributed by atoms with Gasteiger partial charge in [0.25, 0.3) is 0 Å². The van der Waals surface area contributed by atoms with Crippen LogP contribution in [0.5, 0.6) is 0 Å². The third-order valence-electron chi connectivity index (χ3n) is 3.42. The highest BCUT2D eigenvalue weighted by Gasteiger charge is 2.19. The van der Waals surface area contributed by atoms with E-state index in [0.717, 1.165) is 55.2 Å². The van der Waals surface area contributed by atoms with Gasteiger partial charge >= 0.3 is 0 Å². The van der Waals surface area contributed by atoms with Gasteiger partial charge in [-0.15, -0.1) is 0 Å². The summed E-state index contributed by atoms with van der Waals surface area (Å²) in [5, 5.41) is 5.40. The number of rotatable bonds is 7. The maximum absolute atomic E-state index is 11.8. The van der Waals surface area contributed by atoms with Crippen molar-refractivity contribution in [2.75, 3.05) is 0 Å². The Morgan fingerprint density at radius 1 is 1.05 bits per heavy atom. The molecule has 0 fully saturated rings. The van der Waals surface area contributed by atoms with Gasteiger partial charge < -0.3 is 0 Å². The molecule has 0 saturated heterocycles. The van der Waals surface area contributed by atoms with Gasteiger partial charge in [-0.1, -0.05) is 38.8 Å². The van der Waals surface area contributed by atoms with Crippen molar-refractivity contribution in [3.8, 4) is 0 Å². The fraction of sp³-hybridized carbons (Fsp3) is 0.600. The molecule has 1 aromatic carbocycles. The summed E-state index contributed by atoms with van der Waals surface area (Å²) < 4.78 is 23.7. The van der Waals surface area contributed by atoms with Crippen molar-refractivity contribution >= 4 is 10.0 Å². The molecule has 0 aliphatic heterocycles. The molecule has 0 atom stereocenters. The van der Waals surface area contributed by atoms with Crippen LogP contribution in [0.15, 0.2) is 17.0 Å². The van der Waals surface area contributed by atoms with Crippen molar-refractivity contribution in [3.63, 3.8) is 0 Å². The molecule has 19 heavy (non-hydrogen) atoms. The predicted molar refractivity (Wildman–Crippen MR) is 79.8 cm³/mol. The molecule has 0 aliphatic carbocycles. The molecule has 4 heteroatoms. The van der Waals surface area contributed by atoms with Crippen LogP contribution in [0.3, 0.4) is 0 Å². The Morgan fingerprint density at radius 2 is 1.63 bits per heavy atom. The third-order valence-corrected chi connectivity index (χ3v) is 4.56. The van der Waals surface area contributed by atoms with Crippen LogP contribution in [0.25, 0.3) is 0 Å². The molecule has 2 N–H and O–H groups in total. The number of nitrogens with two attached hydrogens (primary N) is 1. The second kappa shape index (κ2) is 7.06. The van der Waals surface area contributed by atoms with E-state index < -0.39 is 10.0 Å². The van der Waals surface area contributed by atoms with Crippen LogP contribution in [-0.4, -0.2) is 8.42 Å². The molecule has 0 spiro atoms. The molecule has 0 heterocycles. The summed E-state index contributed by atoms with van der Waals surface area (Å²) in [6, 6.07) is 3.94. The molecule has 0 amide bonds.